The third-order valence-electron chi connectivity index (χ3n) is 5.72. The highest BCUT2D eigenvalue weighted by atomic mass is 19.1. The van der Waals surface area contributed by atoms with Gasteiger partial charge in [-0.3, -0.25) is 4.79 Å². The lowest BCUT2D eigenvalue weighted by Crippen LogP contribution is -2.44. The first-order valence-corrected chi connectivity index (χ1v) is 10.6. The smallest absolute Gasteiger partial charge is 0.248 e. The van der Waals surface area contributed by atoms with E-state index in [1.54, 1.807) is 12.1 Å². The number of anilines is 2. The number of aryl methyl sites for hydroxylation is 1. The number of piperazine rings is 1. The second-order valence-electron chi connectivity index (χ2n) is 8.03. The van der Waals surface area contributed by atoms with Crippen LogP contribution in [0.5, 0.6) is 5.75 Å². The van der Waals surface area contributed by atoms with Crippen molar-refractivity contribution >= 4 is 34.4 Å². The van der Waals surface area contributed by atoms with Gasteiger partial charge in [-0.05, 0) is 62.0 Å². The van der Waals surface area contributed by atoms with Crippen molar-refractivity contribution in [3.05, 3.63) is 65.5 Å². The van der Waals surface area contributed by atoms with E-state index in [9.17, 15) is 9.18 Å². The predicted octanol–water partition coefficient (Wildman–Crippen LogP) is 4.09. The summed E-state index contributed by atoms with van der Waals surface area (Å²) in [6.45, 7) is 6.03. The zero-order valence-corrected chi connectivity index (χ0v) is 18.6. The molecule has 1 amide bonds. The van der Waals surface area contributed by atoms with Crippen molar-refractivity contribution in [3.63, 3.8) is 0 Å². The van der Waals surface area contributed by atoms with Crippen LogP contribution < -0.4 is 15.0 Å². The van der Waals surface area contributed by atoms with Gasteiger partial charge in [-0.1, -0.05) is 0 Å². The number of amides is 1. The van der Waals surface area contributed by atoms with Gasteiger partial charge in [0.1, 0.15) is 17.4 Å². The summed E-state index contributed by atoms with van der Waals surface area (Å²) in [5, 5.41) is 3.83. The van der Waals surface area contributed by atoms with E-state index in [0.29, 0.717) is 17.0 Å². The molecule has 1 N–H and O–H groups in total. The lowest BCUT2D eigenvalue weighted by Gasteiger charge is -2.33. The number of likely N-dealkylation sites (N-methyl/N-ethyl adjacent to an activating group) is 1. The van der Waals surface area contributed by atoms with Crippen molar-refractivity contribution in [1.29, 1.82) is 0 Å². The van der Waals surface area contributed by atoms with Crippen LogP contribution >= 0.6 is 0 Å². The Bertz CT molecular complexity index is 1170. The predicted molar refractivity (Wildman–Crippen MR) is 127 cm³/mol. The SMILES string of the molecule is COc1ccc(C=CC(=O)Nc2ccc3nc(N4CCN(C)CC4)cc(C)c3c2)c(F)c1. The molecular weight excluding hydrogens is 407 g/mol. The van der Waals surface area contributed by atoms with Gasteiger partial charge >= 0.3 is 0 Å². The van der Waals surface area contributed by atoms with Crippen LogP contribution in [0.3, 0.4) is 0 Å². The molecule has 0 unspecified atom stereocenters. The van der Waals surface area contributed by atoms with Gasteiger partial charge in [0.25, 0.3) is 0 Å². The topological polar surface area (TPSA) is 57.7 Å². The molecule has 2 heterocycles. The van der Waals surface area contributed by atoms with E-state index in [-0.39, 0.29) is 5.91 Å². The number of pyridine rings is 1. The molecule has 0 saturated carbocycles. The summed E-state index contributed by atoms with van der Waals surface area (Å²) in [6.07, 6.45) is 2.76. The highest BCUT2D eigenvalue weighted by Gasteiger charge is 2.16. The van der Waals surface area contributed by atoms with Crippen LogP contribution in [0, 0.1) is 12.7 Å². The van der Waals surface area contributed by atoms with Gasteiger partial charge in [-0.25, -0.2) is 9.37 Å². The highest BCUT2D eigenvalue weighted by molar-refractivity contribution is 6.03. The third-order valence-corrected chi connectivity index (χ3v) is 5.72. The maximum atomic E-state index is 14.0. The second-order valence-corrected chi connectivity index (χ2v) is 8.03. The van der Waals surface area contributed by atoms with Gasteiger partial charge in [0.05, 0.1) is 12.6 Å². The van der Waals surface area contributed by atoms with Crippen LogP contribution in [-0.4, -0.2) is 56.1 Å². The summed E-state index contributed by atoms with van der Waals surface area (Å²) in [4.78, 5) is 21.8. The van der Waals surface area contributed by atoms with Gasteiger partial charge < -0.3 is 19.9 Å². The lowest BCUT2D eigenvalue weighted by molar-refractivity contribution is -0.111. The molecule has 166 valence electrons. The van der Waals surface area contributed by atoms with Gasteiger partial charge in [0.15, 0.2) is 0 Å². The van der Waals surface area contributed by atoms with Crippen molar-refractivity contribution in [1.82, 2.24) is 9.88 Å². The molecule has 1 aliphatic rings. The van der Waals surface area contributed by atoms with Gasteiger partial charge in [-0.15, -0.1) is 0 Å². The maximum Gasteiger partial charge on any atom is 0.248 e. The van der Waals surface area contributed by atoms with Crippen LogP contribution in [0.2, 0.25) is 0 Å². The molecule has 0 aliphatic carbocycles. The minimum absolute atomic E-state index is 0.316. The molecule has 7 heteroatoms. The fourth-order valence-corrected chi connectivity index (χ4v) is 3.77. The summed E-state index contributed by atoms with van der Waals surface area (Å²) < 4.78 is 19.0. The molecule has 1 aliphatic heterocycles. The van der Waals surface area contributed by atoms with Crippen LogP contribution in [0.25, 0.3) is 17.0 Å². The number of halogens is 1. The van der Waals surface area contributed by atoms with Crippen LogP contribution in [0.1, 0.15) is 11.1 Å². The largest absolute Gasteiger partial charge is 0.497 e. The van der Waals surface area contributed by atoms with Gasteiger partial charge in [0.2, 0.25) is 5.91 Å². The first-order chi connectivity index (χ1) is 15.4. The highest BCUT2D eigenvalue weighted by Crippen LogP contribution is 2.26. The molecule has 1 aromatic heterocycles. The maximum absolute atomic E-state index is 14.0. The number of nitrogens with one attached hydrogen (secondary N) is 1. The Balaban J connectivity index is 1.48. The first kappa shape index (κ1) is 21.8. The van der Waals surface area contributed by atoms with E-state index in [1.807, 2.05) is 18.2 Å². The summed E-state index contributed by atoms with van der Waals surface area (Å²) in [7, 11) is 3.61. The van der Waals surface area contributed by atoms with Gasteiger partial charge in [0, 0.05) is 55.0 Å². The van der Waals surface area contributed by atoms with Crippen molar-refractivity contribution in [3.8, 4) is 5.75 Å². The molecule has 0 radical (unpaired) electrons. The van der Waals surface area contributed by atoms with Crippen molar-refractivity contribution < 1.29 is 13.9 Å². The summed E-state index contributed by atoms with van der Waals surface area (Å²) in [5.74, 6) is 0.639. The minimum Gasteiger partial charge on any atom is -0.497 e. The number of carbonyl (C=O) groups excluding carboxylic acids is 1. The van der Waals surface area contributed by atoms with E-state index in [2.05, 4.69) is 35.2 Å². The monoisotopic (exact) mass is 434 g/mol. The van der Waals surface area contributed by atoms with Crippen LogP contribution in [-0.2, 0) is 4.79 Å². The lowest BCUT2D eigenvalue weighted by atomic mass is 10.1. The Labute approximate surface area is 187 Å². The number of rotatable bonds is 5. The van der Waals surface area contributed by atoms with E-state index in [4.69, 9.17) is 9.72 Å². The molecule has 1 saturated heterocycles. The third kappa shape index (κ3) is 4.89. The zero-order valence-electron chi connectivity index (χ0n) is 18.6. The normalized spacial score (nSPS) is 14.8. The summed E-state index contributed by atoms with van der Waals surface area (Å²) in [5.41, 5.74) is 2.99. The number of hydrogen-bond acceptors (Lipinski definition) is 5. The Kier molecular flexibility index (Phi) is 6.37. The van der Waals surface area contributed by atoms with E-state index in [1.165, 1.54) is 25.3 Å². The van der Waals surface area contributed by atoms with Crippen molar-refractivity contribution in [2.24, 2.45) is 0 Å². The molecule has 1 fully saturated rings. The molecule has 2 aromatic carbocycles. The van der Waals surface area contributed by atoms with Crippen LogP contribution in [0.15, 0.2) is 48.5 Å². The number of aromatic nitrogens is 1. The number of nitrogens with zero attached hydrogens (tertiary/aromatic N) is 3. The van der Waals surface area contributed by atoms with Crippen molar-refractivity contribution in [2.45, 2.75) is 6.92 Å². The Morgan fingerprint density at radius 2 is 1.91 bits per heavy atom. The van der Waals surface area contributed by atoms with E-state index in [0.717, 1.165) is 48.5 Å². The molecular formula is C25H27FN4O2. The quantitative estimate of drug-likeness (QED) is 0.613. The second kappa shape index (κ2) is 9.36. The number of methoxy groups -OCH3 is 1. The molecule has 0 spiro atoms. The average molecular weight is 435 g/mol. The molecule has 3 aromatic rings. The minimum atomic E-state index is -0.447. The van der Waals surface area contributed by atoms with Crippen LogP contribution in [0.4, 0.5) is 15.9 Å². The van der Waals surface area contributed by atoms with E-state index < -0.39 is 5.82 Å². The number of carbonyl (C=O) groups is 1. The molecule has 0 bridgehead atoms. The Hall–Kier alpha value is -3.45. The fraction of sp³-hybridized carbons (Fsp3) is 0.280. The molecule has 32 heavy (non-hydrogen) atoms. The summed E-state index contributed by atoms with van der Waals surface area (Å²) >= 11 is 0. The Morgan fingerprint density at radius 3 is 2.62 bits per heavy atom. The molecule has 0 atom stereocenters. The average Bonchev–Trinajstić information content (AvgIpc) is 2.79. The van der Waals surface area contributed by atoms with E-state index >= 15 is 0 Å². The number of hydrogen-bond donors (Lipinski definition) is 1. The number of ether oxygens (including phenoxy) is 1. The zero-order chi connectivity index (χ0) is 22.7. The summed E-state index contributed by atoms with van der Waals surface area (Å²) in [6, 6.07) is 12.3. The van der Waals surface area contributed by atoms with Gasteiger partial charge in [-0.2, -0.15) is 0 Å². The number of fused-ring (bicyclic) bond motifs is 1. The Morgan fingerprint density at radius 1 is 1.12 bits per heavy atom. The molecule has 6 nitrogen and oxygen atoms in total. The number of benzene rings is 2. The first-order valence-electron chi connectivity index (χ1n) is 10.6. The fourth-order valence-electron chi connectivity index (χ4n) is 3.77. The standard InChI is InChI=1S/C25H27FN4O2/c1-17-14-24(30-12-10-29(2)11-13-30)28-23-8-6-19(15-21(17)23)27-25(31)9-5-18-4-7-20(32-3)16-22(18)26/h4-9,14-16H,10-13H2,1-3H3,(H,27,31). The molecule has 4 rings (SSSR count). The van der Waals surface area contributed by atoms with Crippen molar-refractivity contribution in [2.75, 3.05) is 50.6 Å².